The first kappa shape index (κ1) is 16.1. The fourth-order valence-electron chi connectivity index (χ4n) is 2.28. The van der Waals surface area contributed by atoms with Crippen LogP contribution in [0.3, 0.4) is 0 Å². The van der Waals surface area contributed by atoms with E-state index in [0.29, 0.717) is 0 Å². The lowest BCUT2D eigenvalue weighted by Gasteiger charge is -2.26. The minimum atomic E-state index is -0.436. The number of amides is 1. The molecule has 5 heteroatoms. The molecule has 5 nitrogen and oxygen atoms in total. The van der Waals surface area contributed by atoms with Gasteiger partial charge in [-0.15, -0.1) is 0 Å². The van der Waals surface area contributed by atoms with E-state index in [4.69, 9.17) is 9.15 Å². The molecule has 0 saturated carbocycles. The zero-order valence-electron chi connectivity index (χ0n) is 13.1. The van der Waals surface area contributed by atoms with Crippen molar-refractivity contribution in [3.05, 3.63) is 53.5 Å². The number of ether oxygens (including phenoxy) is 1. The summed E-state index contributed by atoms with van der Waals surface area (Å²) in [5.74, 6) is 1.52. The third-order valence-corrected chi connectivity index (χ3v) is 3.68. The van der Waals surface area contributed by atoms with Crippen LogP contribution in [0.15, 0.2) is 40.8 Å². The molecular weight excluding hydrogens is 282 g/mol. The van der Waals surface area contributed by atoms with Crippen molar-refractivity contribution in [1.29, 1.82) is 0 Å². The molecule has 1 N–H and O–H groups in total. The van der Waals surface area contributed by atoms with Crippen LogP contribution in [0.1, 0.15) is 34.8 Å². The summed E-state index contributed by atoms with van der Waals surface area (Å²) in [5.41, 5.74) is 0.835. The molecule has 1 aromatic heterocycles. The van der Waals surface area contributed by atoms with E-state index in [-0.39, 0.29) is 18.3 Å². The molecule has 2 aromatic rings. The van der Waals surface area contributed by atoms with Gasteiger partial charge in [-0.05, 0) is 29.8 Å². The third-order valence-electron chi connectivity index (χ3n) is 3.68. The van der Waals surface area contributed by atoms with Crippen LogP contribution in [-0.2, 0) is 6.42 Å². The normalized spacial score (nSPS) is 12.0. The lowest BCUT2D eigenvalue weighted by atomic mass is 10.1. The fourth-order valence-corrected chi connectivity index (χ4v) is 2.28. The van der Waals surface area contributed by atoms with Crippen LogP contribution in [0.4, 0.5) is 0 Å². The second kappa shape index (κ2) is 7.13. The molecule has 0 aliphatic heterocycles. The Hall–Kier alpha value is -2.27. The van der Waals surface area contributed by atoms with Gasteiger partial charge in [0.15, 0.2) is 5.76 Å². The Bertz CT molecular complexity index is 618. The number of hydrogen-bond acceptors (Lipinski definition) is 4. The van der Waals surface area contributed by atoms with E-state index < -0.39 is 6.04 Å². The van der Waals surface area contributed by atoms with Gasteiger partial charge in [0.05, 0.1) is 19.8 Å². The highest BCUT2D eigenvalue weighted by molar-refractivity contribution is 5.91. The molecule has 2 rings (SSSR count). The molecule has 0 bridgehead atoms. The van der Waals surface area contributed by atoms with Gasteiger partial charge in [-0.1, -0.05) is 19.1 Å². The van der Waals surface area contributed by atoms with Crippen LogP contribution >= 0.6 is 0 Å². The Labute approximate surface area is 130 Å². The van der Waals surface area contributed by atoms with E-state index in [2.05, 4.69) is 0 Å². The monoisotopic (exact) mass is 303 g/mol. The molecule has 1 aromatic carbocycles. The van der Waals surface area contributed by atoms with Crippen molar-refractivity contribution in [2.45, 2.75) is 19.4 Å². The first-order chi connectivity index (χ1) is 10.6. The van der Waals surface area contributed by atoms with Gasteiger partial charge in [-0.25, -0.2) is 0 Å². The highest BCUT2D eigenvalue weighted by atomic mass is 16.5. The Morgan fingerprint density at radius 1 is 1.27 bits per heavy atom. The minimum absolute atomic E-state index is 0.171. The van der Waals surface area contributed by atoms with E-state index in [1.54, 1.807) is 38.4 Å². The summed E-state index contributed by atoms with van der Waals surface area (Å²) in [6, 6.07) is 10.3. The second-order valence-corrected chi connectivity index (χ2v) is 5.01. The van der Waals surface area contributed by atoms with Crippen LogP contribution in [0.2, 0.25) is 0 Å². The summed E-state index contributed by atoms with van der Waals surface area (Å²) in [5, 5.41) is 9.67. The second-order valence-electron chi connectivity index (χ2n) is 5.01. The molecule has 0 aliphatic carbocycles. The summed E-state index contributed by atoms with van der Waals surface area (Å²) in [6.07, 6.45) is 0.735. The Balaban J connectivity index is 2.19. The van der Waals surface area contributed by atoms with Crippen molar-refractivity contribution in [3.8, 4) is 5.75 Å². The molecule has 0 fully saturated rings. The molecule has 118 valence electrons. The fraction of sp³-hybridized carbons (Fsp3) is 0.353. The highest BCUT2D eigenvalue weighted by Crippen LogP contribution is 2.24. The van der Waals surface area contributed by atoms with E-state index in [1.807, 2.05) is 19.1 Å². The number of methoxy groups -OCH3 is 1. The number of benzene rings is 1. The first-order valence-corrected chi connectivity index (χ1v) is 7.21. The Morgan fingerprint density at radius 3 is 2.45 bits per heavy atom. The Morgan fingerprint density at radius 2 is 1.95 bits per heavy atom. The molecular formula is C17H21NO4. The van der Waals surface area contributed by atoms with Crippen LogP contribution in [0.5, 0.6) is 5.75 Å². The SMILES string of the molecule is CCc1ccc(C(=O)N(C)C(CO)c2ccc(OC)cc2)o1. The smallest absolute Gasteiger partial charge is 0.289 e. The van der Waals surface area contributed by atoms with Gasteiger partial charge in [-0.3, -0.25) is 4.79 Å². The zero-order chi connectivity index (χ0) is 16.1. The molecule has 1 atom stereocenters. The lowest BCUT2D eigenvalue weighted by molar-refractivity contribution is 0.0625. The first-order valence-electron chi connectivity index (χ1n) is 7.21. The maximum atomic E-state index is 12.5. The van der Waals surface area contributed by atoms with Crippen molar-refractivity contribution in [3.63, 3.8) is 0 Å². The van der Waals surface area contributed by atoms with Gasteiger partial charge in [-0.2, -0.15) is 0 Å². The topological polar surface area (TPSA) is 62.9 Å². The van der Waals surface area contributed by atoms with Crippen molar-refractivity contribution in [2.24, 2.45) is 0 Å². The summed E-state index contributed by atoms with van der Waals surface area (Å²) in [6.45, 7) is 1.79. The largest absolute Gasteiger partial charge is 0.497 e. The number of aliphatic hydroxyl groups is 1. The summed E-state index contributed by atoms with van der Waals surface area (Å²) in [4.78, 5) is 14.0. The third kappa shape index (κ3) is 3.31. The molecule has 0 saturated heterocycles. The van der Waals surface area contributed by atoms with Gasteiger partial charge in [0.25, 0.3) is 5.91 Å². The predicted molar refractivity (Wildman–Crippen MR) is 83.0 cm³/mol. The number of aliphatic hydroxyl groups excluding tert-OH is 1. The molecule has 1 amide bonds. The quantitative estimate of drug-likeness (QED) is 0.891. The number of carbonyl (C=O) groups excluding carboxylic acids is 1. The molecule has 0 radical (unpaired) electrons. The average Bonchev–Trinajstić information content (AvgIpc) is 3.04. The predicted octanol–water partition coefficient (Wildman–Crippen LogP) is 2.66. The number of hydrogen-bond donors (Lipinski definition) is 1. The van der Waals surface area contributed by atoms with Gasteiger partial charge >= 0.3 is 0 Å². The average molecular weight is 303 g/mol. The van der Waals surface area contributed by atoms with Gasteiger partial charge < -0.3 is 19.2 Å². The maximum Gasteiger partial charge on any atom is 0.289 e. The van der Waals surface area contributed by atoms with Crippen LogP contribution in [0, 0.1) is 0 Å². The maximum absolute atomic E-state index is 12.5. The van der Waals surface area contributed by atoms with Gasteiger partial charge in [0.2, 0.25) is 0 Å². The van der Waals surface area contributed by atoms with Gasteiger partial charge in [0, 0.05) is 13.5 Å². The van der Waals surface area contributed by atoms with E-state index >= 15 is 0 Å². The summed E-state index contributed by atoms with van der Waals surface area (Å²) >= 11 is 0. The molecule has 0 spiro atoms. The van der Waals surface area contributed by atoms with Crippen LogP contribution in [-0.4, -0.2) is 36.7 Å². The number of rotatable bonds is 6. The molecule has 0 aliphatic rings. The van der Waals surface area contributed by atoms with E-state index in [9.17, 15) is 9.90 Å². The standard InChI is InChI=1S/C17H21NO4/c1-4-13-9-10-16(22-13)17(20)18(2)15(11-19)12-5-7-14(21-3)8-6-12/h5-10,15,19H,4,11H2,1-3H3. The van der Waals surface area contributed by atoms with Crippen LogP contribution in [0.25, 0.3) is 0 Å². The minimum Gasteiger partial charge on any atom is -0.497 e. The summed E-state index contributed by atoms with van der Waals surface area (Å²) < 4.78 is 10.6. The lowest BCUT2D eigenvalue weighted by Crippen LogP contribution is -2.33. The van der Waals surface area contributed by atoms with Crippen molar-refractivity contribution in [1.82, 2.24) is 4.90 Å². The van der Waals surface area contributed by atoms with E-state index in [0.717, 1.165) is 23.5 Å². The highest BCUT2D eigenvalue weighted by Gasteiger charge is 2.24. The van der Waals surface area contributed by atoms with E-state index in [1.165, 1.54) is 4.90 Å². The number of nitrogens with zero attached hydrogens (tertiary/aromatic N) is 1. The molecule has 1 unspecified atom stereocenters. The summed E-state index contributed by atoms with van der Waals surface area (Å²) in [7, 11) is 3.25. The zero-order valence-corrected chi connectivity index (χ0v) is 13.1. The van der Waals surface area contributed by atoms with Crippen molar-refractivity contribution < 1.29 is 19.1 Å². The van der Waals surface area contributed by atoms with Crippen LogP contribution < -0.4 is 4.74 Å². The number of furan rings is 1. The van der Waals surface area contributed by atoms with Crippen molar-refractivity contribution >= 4 is 5.91 Å². The Kier molecular flexibility index (Phi) is 5.22. The molecule has 1 heterocycles. The molecule has 22 heavy (non-hydrogen) atoms. The number of aryl methyl sites for hydroxylation is 1. The van der Waals surface area contributed by atoms with Crippen molar-refractivity contribution in [2.75, 3.05) is 20.8 Å². The number of likely N-dealkylation sites (N-methyl/N-ethyl adjacent to an activating group) is 1. The number of carbonyl (C=O) groups is 1. The van der Waals surface area contributed by atoms with Gasteiger partial charge in [0.1, 0.15) is 11.5 Å².